The maximum absolute atomic E-state index is 10.7. The molecule has 0 spiro atoms. The fraction of sp³-hybridized carbons (Fsp3) is 0.700. The molecule has 80 valence electrons. The molecule has 1 atom stereocenters. The van der Waals surface area contributed by atoms with E-state index >= 15 is 0 Å². The molecule has 1 fully saturated rings. The second-order valence-electron chi connectivity index (χ2n) is 3.64. The maximum atomic E-state index is 10.7. The molecule has 1 saturated heterocycles. The zero-order chi connectivity index (χ0) is 10.6. The number of carboxylic acids is 1. The number of carbonyl (C=O) groups is 1. The highest BCUT2D eigenvalue weighted by Gasteiger charge is 2.24. The zero-order valence-electron chi connectivity index (χ0n) is 8.65. The summed E-state index contributed by atoms with van der Waals surface area (Å²) >= 11 is 0. The highest BCUT2D eigenvalue weighted by molar-refractivity contribution is 5.72. The van der Waals surface area contributed by atoms with Gasteiger partial charge in [0.05, 0.1) is 0 Å². The Bertz CT molecular complexity index is 210. The van der Waals surface area contributed by atoms with Crippen molar-refractivity contribution in [1.82, 2.24) is 9.80 Å². The third-order valence-electron chi connectivity index (χ3n) is 2.70. The van der Waals surface area contributed by atoms with Crippen LogP contribution in [0, 0.1) is 0 Å². The monoisotopic (exact) mass is 198 g/mol. The molecule has 4 nitrogen and oxygen atoms in total. The fourth-order valence-corrected chi connectivity index (χ4v) is 1.67. The number of nitrogens with zero attached hydrogens (tertiary/aromatic N) is 2. The van der Waals surface area contributed by atoms with Crippen LogP contribution in [-0.2, 0) is 4.79 Å². The minimum atomic E-state index is -0.734. The standard InChI is InChI=1S/C10H18N2O2/c1-3-4-11-5-7-12(8-6-11)9(2)10(13)14/h3,9H,1,4-8H2,2H3,(H,13,14). The SMILES string of the molecule is C=CCN1CCN(C(C)C(=O)O)CC1. The Balaban J connectivity index is 2.35. The molecule has 0 amide bonds. The van der Waals surface area contributed by atoms with Gasteiger partial charge in [0.2, 0.25) is 0 Å². The van der Waals surface area contributed by atoms with Gasteiger partial charge in [0.15, 0.2) is 0 Å². The lowest BCUT2D eigenvalue weighted by Crippen LogP contribution is -2.51. The van der Waals surface area contributed by atoms with Gasteiger partial charge in [-0.25, -0.2) is 0 Å². The summed E-state index contributed by atoms with van der Waals surface area (Å²) in [6, 6.07) is -0.360. The first-order chi connectivity index (χ1) is 6.65. The highest BCUT2D eigenvalue weighted by atomic mass is 16.4. The van der Waals surface area contributed by atoms with Gasteiger partial charge in [-0.05, 0) is 6.92 Å². The molecule has 0 aromatic carbocycles. The van der Waals surface area contributed by atoms with Crippen molar-refractivity contribution >= 4 is 5.97 Å². The molecule has 1 heterocycles. The van der Waals surface area contributed by atoms with Crippen molar-refractivity contribution in [2.45, 2.75) is 13.0 Å². The van der Waals surface area contributed by atoms with Crippen LogP contribution in [-0.4, -0.2) is 59.6 Å². The third-order valence-corrected chi connectivity index (χ3v) is 2.70. The number of carboxylic acid groups (broad SMARTS) is 1. The van der Waals surface area contributed by atoms with E-state index in [2.05, 4.69) is 11.5 Å². The van der Waals surface area contributed by atoms with Gasteiger partial charge in [-0.3, -0.25) is 14.6 Å². The Morgan fingerprint density at radius 3 is 2.50 bits per heavy atom. The lowest BCUT2D eigenvalue weighted by Gasteiger charge is -2.36. The van der Waals surface area contributed by atoms with Crippen LogP contribution < -0.4 is 0 Å². The molecular formula is C10H18N2O2. The van der Waals surface area contributed by atoms with Gasteiger partial charge in [0.1, 0.15) is 6.04 Å². The van der Waals surface area contributed by atoms with Crippen molar-refractivity contribution < 1.29 is 9.90 Å². The van der Waals surface area contributed by atoms with E-state index in [-0.39, 0.29) is 6.04 Å². The van der Waals surface area contributed by atoms with Crippen molar-refractivity contribution in [3.63, 3.8) is 0 Å². The number of hydrogen-bond acceptors (Lipinski definition) is 3. The number of rotatable bonds is 4. The first-order valence-electron chi connectivity index (χ1n) is 4.95. The summed E-state index contributed by atoms with van der Waals surface area (Å²) < 4.78 is 0. The molecule has 0 aromatic rings. The van der Waals surface area contributed by atoms with Gasteiger partial charge in [-0.15, -0.1) is 6.58 Å². The second-order valence-corrected chi connectivity index (χ2v) is 3.64. The molecule has 14 heavy (non-hydrogen) atoms. The van der Waals surface area contributed by atoms with E-state index in [0.29, 0.717) is 0 Å². The van der Waals surface area contributed by atoms with Crippen molar-refractivity contribution in [3.8, 4) is 0 Å². The van der Waals surface area contributed by atoms with E-state index in [1.54, 1.807) is 6.92 Å². The molecule has 1 rings (SSSR count). The molecule has 1 N–H and O–H groups in total. The Morgan fingerprint density at radius 2 is 2.07 bits per heavy atom. The minimum Gasteiger partial charge on any atom is -0.480 e. The Labute approximate surface area is 84.8 Å². The van der Waals surface area contributed by atoms with Crippen LogP contribution in [0.1, 0.15) is 6.92 Å². The normalized spacial score (nSPS) is 21.8. The van der Waals surface area contributed by atoms with Gasteiger partial charge in [-0.1, -0.05) is 6.08 Å². The molecular weight excluding hydrogens is 180 g/mol. The molecule has 1 unspecified atom stereocenters. The predicted molar refractivity (Wildman–Crippen MR) is 55.3 cm³/mol. The van der Waals surface area contributed by atoms with Gasteiger partial charge in [0.25, 0.3) is 0 Å². The molecule has 0 bridgehead atoms. The van der Waals surface area contributed by atoms with Crippen molar-refractivity contribution in [3.05, 3.63) is 12.7 Å². The van der Waals surface area contributed by atoms with Crippen LogP contribution in [0.15, 0.2) is 12.7 Å². The van der Waals surface area contributed by atoms with Crippen molar-refractivity contribution in [1.29, 1.82) is 0 Å². The van der Waals surface area contributed by atoms with Gasteiger partial charge >= 0.3 is 5.97 Å². The fourth-order valence-electron chi connectivity index (χ4n) is 1.67. The quantitative estimate of drug-likeness (QED) is 0.658. The second kappa shape index (κ2) is 5.12. The van der Waals surface area contributed by atoms with Crippen LogP contribution in [0.5, 0.6) is 0 Å². The molecule has 4 heteroatoms. The summed E-state index contributed by atoms with van der Waals surface area (Å²) in [5.41, 5.74) is 0. The van der Waals surface area contributed by atoms with E-state index in [0.717, 1.165) is 32.7 Å². The maximum Gasteiger partial charge on any atom is 0.320 e. The first-order valence-corrected chi connectivity index (χ1v) is 4.95. The number of piperazine rings is 1. The smallest absolute Gasteiger partial charge is 0.320 e. The predicted octanol–water partition coefficient (Wildman–Crippen LogP) is 0.263. The first kappa shape index (κ1) is 11.2. The molecule has 0 aliphatic carbocycles. The van der Waals surface area contributed by atoms with E-state index < -0.39 is 5.97 Å². The Hall–Kier alpha value is -0.870. The number of hydrogen-bond donors (Lipinski definition) is 1. The van der Waals surface area contributed by atoms with Gasteiger partial charge in [0, 0.05) is 32.7 Å². The summed E-state index contributed by atoms with van der Waals surface area (Å²) in [5, 5.41) is 8.83. The molecule has 1 aliphatic heterocycles. The van der Waals surface area contributed by atoms with Crippen molar-refractivity contribution in [2.24, 2.45) is 0 Å². The molecule has 1 aliphatic rings. The van der Waals surface area contributed by atoms with Crippen molar-refractivity contribution in [2.75, 3.05) is 32.7 Å². The Kier molecular flexibility index (Phi) is 4.10. The summed E-state index contributed by atoms with van der Waals surface area (Å²) in [7, 11) is 0. The van der Waals surface area contributed by atoms with E-state index in [1.165, 1.54) is 0 Å². The van der Waals surface area contributed by atoms with Crippen LogP contribution >= 0.6 is 0 Å². The third kappa shape index (κ3) is 2.82. The van der Waals surface area contributed by atoms with Gasteiger partial charge < -0.3 is 5.11 Å². The van der Waals surface area contributed by atoms with Gasteiger partial charge in [-0.2, -0.15) is 0 Å². The van der Waals surface area contributed by atoms with Crippen LogP contribution in [0.25, 0.3) is 0 Å². The minimum absolute atomic E-state index is 0.360. The average molecular weight is 198 g/mol. The van der Waals surface area contributed by atoms with E-state index in [9.17, 15) is 4.79 Å². The summed E-state index contributed by atoms with van der Waals surface area (Å²) in [5.74, 6) is -0.734. The van der Waals surface area contributed by atoms with Crippen LogP contribution in [0.3, 0.4) is 0 Å². The summed E-state index contributed by atoms with van der Waals surface area (Å²) in [6.45, 7) is 9.87. The van der Waals surface area contributed by atoms with E-state index in [1.807, 2.05) is 11.0 Å². The van der Waals surface area contributed by atoms with Crippen LogP contribution in [0.2, 0.25) is 0 Å². The van der Waals surface area contributed by atoms with Crippen LogP contribution in [0.4, 0.5) is 0 Å². The Morgan fingerprint density at radius 1 is 1.50 bits per heavy atom. The van der Waals surface area contributed by atoms with E-state index in [4.69, 9.17) is 5.11 Å². The number of aliphatic carboxylic acids is 1. The largest absolute Gasteiger partial charge is 0.480 e. The molecule has 0 saturated carbocycles. The average Bonchev–Trinajstić information content (AvgIpc) is 2.18. The summed E-state index contributed by atoms with van der Waals surface area (Å²) in [6.07, 6.45) is 1.89. The highest BCUT2D eigenvalue weighted by Crippen LogP contribution is 2.06. The molecule has 0 radical (unpaired) electrons. The zero-order valence-corrected chi connectivity index (χ0v) is 8.65. The molecule has 0 aromatic heterocycles. The topological polar surface area (TPSA) is 43.8 Å². The lowest BCUT2D eigenvalue weighted by molar-refractivity contribution is -0.143. The summed E-state index contributed by atoms with van der Waals surface area (Å²) in [4.78, 5) is 15.0. The lowest BCUT2D eigenvalue weighted by atomic mass is 10.2.